The molecule has 0 saturated heterocycles. The monoisotopic (exact) mass is 502 g/mol. The fraction of sp³-hybridized carbons (Fsp3) is 0.316. The molecule has 2 rings (SSSR count). The Bertz CT molecular complexity index is 852. The standard InChI is InChI=1S/C19H26N4O2S.HI/c1-4-21-19(23-14-17-7-5-6-15(2)12-17)22-13-16-8-10-18(11-9-16)26(24,25)20-3;/h5-12,20H,4,13-14H2,1-3H3,(H2,21,22,23);1H. The van der Waals surface area contributed by atoms with Crippen LogP contribution in [0.5, 0.6) is 0 Å². The van der Waals surface area contributed by atoms with Crippen molar-refractivity contribution in [3.05, 3.63) is 65.2 Å². The highest BCUT2D eigenvalue weighted by Crippen LogP contribution is 2.10. The zero-order valence-electron chi connectivity index (χ0n) is 15.8. The van der Waals surface area contributed by atoms with Gasteiger partial charge in [0.05, 0.1) is 11.4 Å². The van der Waals surface area contributed by atoms with Crippen LogP contribution >= 0.6 is 24.0 Å². The van der Waals surface area contributed by atoms with E-state index in [-0.39, 0.29) is 28.9 Å². The number of halogens is 1. The molecule has 0 aliphatic heterocycles. The maximum absolute atomic E-state index is 11.8. The first-order valence-corrected chi connectivity index (χ1v) is 10.0. The third kappa shape index (κ3) is 7.47. The minimum Gasteiger partial charge on any atom is -0.357 e. The molecule has 0 saturated carbocycles. The maximum Gasteiger partial charge on any atom is 0.240 e. The summed E-state index contributed by atoms with van der Waals surface area (Å²) in [5.74, 6) is 0.723. The third-order valence-corrected chi connectivity index (χ3v) is 5.24. The van der Waals surface area contributed by atoms with Crippen LogP contribution in [0.3, 0.4) is 0 Å². The summed E-state index contributed by atoms with van der Waals surface area (Å²) < 4.78 is 25.8. The van der Waals surface area contributed by atoms with Crippen LogP contribution in [0.15, 0.2) is 58.4 Å². The van der Waals surface area contributed by atoms with Crippen molar-refractivity contribution >= 4 is 40.0 Å². The Morgan fingerprint density at radius 1 is 1.04 bits per heavy atom. The zero-order valence-corrected chi connectivity index (χ0v) is 19.0. The highest BCUT2D eigenvalue weighted by atomic mass is 127. The Kier molecular flexibility index (Phi) is 9.75. The second kappa shape index (κ2) is 11.3. The summed E-state index contributed by atoms with van der Waals surface area (Å²) in [7, 11) is -2.00. The van der Waals surface area contributed by atoms with Gasteiger partial charge in [-0.15, -0.1) is 24.0 Å². The topological polar surface area (TPSA) is 82.6 Å². The van der Waals surface area contributed by atoms with Gasteiger partial charge < -0.3 is 10.6 Å². The SMILES string of the molecule is CCNC(=NCc1cccc(C)c1)NCc1ccc(S(=O)(=O)NC)cc1.I. The molecule has 3 N–H and O–H groups in total. The van der Waals surface area contributed by atoms with E-state index >= 15 is 0 Å². The number of rotatable bonds is 7. The van der Waals surface area contributed by atoms with E-state index in [4.69, 9.17) is 0 Å². The first-order valence-electron chi connectivity index (χ1n) is 8.55. The van der Waals surface area contributed by atoms with Crippen molar-refractivity contribution in [3.8, 4) is 0 Å². The number of hydrogen-bond donors (Lipinski definition) is 3. The number of benzene rings is 2. The predicted octanol–water partition coefficient (Wildman–Crippen LogP) is 2.78. The molecule has 0 aliphatic carbocycles. The summed E-state index contributed by atoms with van der Waals surface area (Å²) in [6, 6.07) is 15.0. The highest BCUT2D eigenvalue weighted by Gasteiger charge is 2.10. The van der Waals surface area contributed by atoms with Gasteiger partial charge in [-0.05, 0) is 44.2 Å². The number of sulfonamides is 1. The van der Waals surface area contributed by atoms with Gasteiger partial charge >= 0.3 is 0 Å². The van der Waals surface area contributed by atoms with Gasteiger partial charge in [0.1, 0.15) is 0 Å². The maximum atomic E-state index is 11.8. The van der Waals surface area contributed by atoms with Gasteiger partial charge in [-0.25, -0.2) is 18.1 Å². The van der Waals surface area contributed by atoms with Crippen LogP contribution in [0.1, 0.15) is 23.6 Å². The molecule has 6 nitrogen and oxygen atoms in total. The lowest BCUT2D eigenvalue weighted by molar-refractivity contribution is 0.588. The van der Waals surface area contributed by atoms with Crippen molar-refractivity contribution in [2.45, 2.75) is 31.8 Å². The van der Waals surface area contributed by atoms with Gasteiger partial charge in [0.25, 0.3) is 0 Å². The van der Waals surface area contributed by atoms with E-state index in [0.717, 1.165) is 23.6 Å². The van der Waals surface area contributed by atoms with Crippen LogP contribution in [-0.2, 0) is 23.1 Å². The Hall–Kier alpha value is -1.65. The molecule has 148 valence electrons. The first kappa shape index (κ1) is 23.4. The molecule has 0 fully saturated rings. The Labute approximate surface area is 178 Å². The molecule has 0 spiro atoms. The lowest BCUT2D eigenvalue weighted by atomic mass is 10.1. The lowest BCUT2D eigenvalue weighted by Crippen LogP contribution is -2.36. The van der Waals surface area contributed by atoms with Crippen molar-refractivity contribution in [2.75, 3.05) is 13.6 Å². The zero-order chi connectivity index (χ0) is 19.0. The molecule has 8 heteroatoms. The summed E-state index contributed by atoms with van der Waals surface area (Å²) in [5.41, 5.74) is 3.34. The molecular weight excluding hydrogens is 475 g/mol. The molecule has 0 amide bonds. The quantitative estimate of drug-likeness (QED) is 0.309. The summed E-state index contributed by atoms with van der Waals surface area (Å²) >= 11 is 0. The minimum absolute atomic E-state index is 0. The van der Waals surface area contributed by atoms with Gasteiger partial charge in [0.15, 0.2) is 5.96 Å². The van der Waals surface area contributed by atoms with E-state index in [1.165, 1.54) is 12.6 Å². The van der Waals surface area contributed by atoms with E-state index in [1.54, 1.807) is 24.3 Å². The van der Waals surface area contributed by atoms with Gasteiger partial charge in [-0.1, -0.05) is 42.0 Å². The van der Waals surface area contributed by atoms with Crippen molar-refractivity contribution < 1.29 is 8.42 Å². The van der Waals surface area contributed by atoms with Crippen molar-refractivity contribution in [2.24, 2.45) is 4.99 Å². The fourth-order valence-corrected chi connectivity index (χ4v) is 3.14. The fourth-order valence-electron chi connectivity index (χ4n) is 2.41. The van der Waals surface area contributed by atoms with Crippen LogP contribution in [0.25, 0.3) is 0 Å². The van der Waals surface area contributed by atoms with E-state index in [1.807, 2.05) is 13.0 Å². The summed E-state index contributed by atoms with van der Waals surface area (Å²) in [6.45, 7) is 5.99. The van der Waals surface area contributed by atoms with Gasteiger partial charge in [0, 0.05) is 13.1 Å². The number of nitrogens with one attached hydrogen (secondary N) is 3. The molecule has 0 radical (unpaired) electrons. The van der Waals surface area contributed by atoms with E-state index in [2.05, 4.69) is 45.5 Å². The smallest absolute Gasteiger partial charge is 0.240 e. The van der Waals surface area contributed by atoms with Crippen LogP contribution in [0.4, 0.5) is 0 Å². The molecule has 0 atom stereocenters. The molecule has 0 bridgehead atoms. The molecule has 0 heterocycles. The number of guanidine groups is 1. The molecule has 0 unspecified atom stereocenters. The third-order valence-electron chi connectivity index (χ3n) is 3.81. The van der Waals surface area contributed by atoms with Crippen LogP contribution in [-0.4, -0.2) is 28.0 Å². The van der Waals surface area contributed by atoms with E-state index in [9.17, 15) is 8.42 Å². The normalized spacial score (nSPS) is 11.6. The largest absolute Gasteiger partial charge is 0.357 e. The summed E-state index contributed by atoms with van der Waals surface area (Å²) in [4.78, 5) is 4.85. The molecule has 0 aliphatic rings. The van der Waals surface area contributed by atoms with E-state index < -0.39 is 10.0 Å². The van der Waals surface area contributed by atoms with Crippen molar-refractivity contribution in [1.29, 1.82) is 0 Å². The second-order valence-corrected chi connectivity index (χ2v) is 7.78. The van der Waals surface area contributed by atoms with Gasteiger partial charge in [-0.3, -0.25) is 0 Å². The van der Waals surface area contributed by atoms with Crippen molar-refractivity contribution in [3.63, 3.8) is 0 Å². The average molecular weight is 502 g/mol. The summed E-state index contributed by atoms with van der Waals surface area (Å²) in [6.07, 6.45) is 0. The van der Waals surface area contributed by atoms with Crippen LogP contribution in [0.2, 0.25) is 0 Å². The Morgan fingerprint density at radius 2 is 1.74 bits per heavy atom. The van der Waals surface area contributed by atoms with E-state index in [0.29, 0.717) is 13.1 Å². The molecular formula is C19H27IN4O2S. The first-order chi connectivity index (χ1) is 12.4. The average Bonchev–Trinajstić information content (AvgIpc) is 2.64. The number of aryl methyl sites for hydroxylation is 1. The molecule has 2 aromatic carbocycles. The molecule has 2 aromatic rings. The van der Waals surface area contributed by atoms with Gasteiger partial charge in [0.2, 0.25) is 10.0 Å². The van der Waals surface area contributed by atoms with Crippen LogP contribution in [0, 0.1) is 6.92 Å². The highest BCUT2D eigenvalue weighted by molar-refractivity contribution is 14.0. The van der Waals surface area contributed by atoms with Crippen LogP contribution < -0.4 is 15.4 Å². The Morgan fingerprint density at radius 3 is 2.33 bits per heavy atom. The minimum atomic E-state index is -3.40. The summed E-state index contributed by atoms with van der Waals surface area (Å²) in [5, 5.41) is 6.48. The van der Waals surface area contributed by atoms with Crippen molar-refractivity contribution in [1.82, 2.24) is 15.4 Å². The number of aliphatic imine (C=N–C) groups is 1. The molecule has 0 aromatic heterocycles. The lowest BCUT2D eigenvalue weighted by Gasteiger charge is -2.12. The second-order valence-electron chi connectivity index (χ2n) is 5.89. The number of nitrogens with zero attached hydrogens (tertiary/aromatic N) is 1. The Balaban J connectivity index is 0.00000364. The predicted molar refractivity (Wildman–Crippen MR) is 121 cm³/mol. The van der Waals surface area contributed by atoms with Gasteiger partial charge in [-0.2, -0.15) is 0 Å². The molecule has 27 heavy (non-hydrogen) atoms. The number of hydrogen-bond acceptors (Lipinski definition) is 3.